The Kier molecular flexibility index (Phi) is 8.44. The zero-order valence-corrected chi connectivity index (χ0v) is 17.8. The molecule has 3 rings (SSSR count). The van der Waals surface area contributed by atoms with Gasteiger partial charge in [-0.05, 0) is 13.3 Å². The molecule has 0 bridgehead atoms. The van der Waals surface area contributed by atoms with E-state index in [0.717, 1.165) is 0 Å². The van der Waals surface area contributed by atoms with Gasteiger partial charge in [0.05, 0.1) is 18.2 Å². The van der Waals surface area contributed by atoms with E-state index in [0.29, 0.717) is 0 Å². The predicted molar refractivity (Wildman–Crippen MR) is 108 cm³/mol. The summed E-state index contributed by atoms with van der Waals surface area (Å²) in [5, 5.41) is 51.6. The molecule has 0 spiro atoms. The van der Waals surface area contributed by atoms with Crippen LogP contribution in [0.5, 0.6) is 0 Å². The van der Waals surface area contributed by atoms with Crippen molar-refractivity contribution in [1.82, 2.24) is 0 Å². The average Bonchev–Trinajstić information content (AvgIpc) is 2.75. The number of nitrogens with two attached hydrogens (primary N) is 5. The predicted octanol–water partition coefficient (Wildman–Crippen LogP) is -6.30. The number of aliphatic hydroxyl groups is 5. The first-order valence-electron chi connectivity index (χ1n) is 10.7. The van der Waals surface area contributed by atoms with Crippen LogP contribution in [-0.4, -0.2) is 124 Å². The second-order valence-electron chi connectivity index (χ2n) is 8.86. The van der Waals surface area contributed by atoms with Crippen LogP contribution < -0.4 is 28.7 Å². The van der Waals surface area contributed by atoms with Gasteiger partial charge in [0.2, 0.25) is 0 Å². The maximum absolute atomic E-state index is 11.0. The maximum atomic E-state index is 11.0. The van der Waals surface area contributed by atoms with E-state index in [4.69, 9.17) is 47.6 Å². The maximum Gasteiger partial charge on any atom is 0.186 e. The molecule has 0 aromatic carbocycles. The summed E-state index contributed by atoms with van der Waals surface area (Å²) in [5.74, 6) is 0. The first-order valence-corrected chi connectivity index (χ1v) is 10.7. The Bertz CT molecular complexity index is 621. The molecule has 2 aliphatic heterocycles. The van der Waals surface area contributed by atoms with Crippen molar-refractivity contribution in [2.45, 2.75) is 105 Å². The topological polar surface area (TPSA) is 268 Å². The first kappa shape index (κ1) is 26.1. The molecule has 0 unspecified atom stereocenters. The lowest BCUT2D eigenvalue weighted by Gasteiger charge is -2.48. The van der Waals surface area contributed by atoms with E-state index in [9.17, 15) is 25.5 Å². The summed E-state index contributed by atoms with van der Waals surface area (Å²) in [5.41, 5.74) is 29.6. The molecule has 32 heavy (non-hydrogen) atoms. The fourth-order valence-electron chi connectivity index (χ4n) is 4.38. The van der Waals surface area contributed by atoms with Crippen LogP contribution >= 0.6 is 0 Å². The van der Waals surface area contributed by atoms with Crippen molar-refractivity contribution in [3.8, 4) is 0 Å². The van der Waals surface area contributed by atoms with E-state index in [1.165, 1.54) is 0 Å². The molecule has 3 fully saturated rings. The lowest BCUT2D eigenvalue weighted by molar-refractivity contribution is -0.316. The Labute approximate surface area is 185 Å². The van der Waals surface area contributed by atoms with Gasteiger partial charge in [0.1, 0.15) is 48.8 Å². The van der Waals surface area contributed by atoms with Gasteiger partial charge in [0.15, 0.2) is 12.6 Å². The summed E-state index contributed by atoms with van der Waals surface area (Å²) in [6, 6.07) is -3.44. The Morgan fingerprint density at radius 2 is 1.25 bits per heavy atom. The van der Waals surface area contributed by atoms with Crippen molar-refractivity contribution in [1.29, 1.82) is 0 Å². The summed E-state index contributed by atoms with van der Waals surface area (Å²) < 4.78 is 22.7. The normalized spacial score (nSPS) is 55.0. The monoisotopic (exact) mass is 467 g/mol. The van der Waals surface area contributed by atoms with Gasteiger partial charge in [-0.1, -0.05) is 0 Å². The van der Waals surface area contributed by atoms with Gasteiger partial charge in [-0.15, -0.1) is 0 Å². The molecule has 1 saturated carbocycles. The molecule has 0 aromatic heterocycles. The van der Waals surface area contributed by atoms with Crippen LogP contribution in [0.2, 0.25) is 0 Å². The SMILES string of the molecule is C[C@H]1O[C@@H](O[C@@H]2[C@@H](O)[C@H](O[C@H]3O[C@H](CN)[C@@H](O)[C@H](O)[C@H]3N)[C@@H](N)C[C@H]2N)[C@H](O)[C@@H](O)[C@@H]1N. The quantitative estimate of drug-likeness (QED) is 0.180. The second-order valence-corrected chi connectivity index (χ2v) is 8.86. The van der Waals surface area contributed by atoms with E-state index in [1.54, 1.807) is 6.92 Å². The molecule has 1 aliphatic carbocycles. The molecule has 15 atom stereocenters. The standard InChI is InChI=1S/C18H37N5O9/c1-4-8(22)11(25)13(27)18(29-4)32-16-6(21)2-5(20)15(14(16)28)31-17-9(23)12(26)10(24)7(3-19)30-17/h4-18,24-28H,2-3,19-23H2,1H3/t4-,5+,6-,7-,8-,9-,10-,11+,12-,13-,14+,15-,16+,17-,18+/m1/s1. The van der Waals surface area contributed by atoms with Crippen molar-refractivity contribution in [3.05, 3.63) is 0 Å². The Balaban J connectivity index is 1.71. The summed E-state index contributed by atoms with van der Waals surface area (Å²) in [6.45, 7) is 1.52. The summed E-state index contributed by atoms with van der Waals surface area (Å²) in [7, 11) is 0. The van der Waals surface area contributed by atoms with Crippen LogP contribution in [-0.2, 0) is 18.9 Å². The molecule has 2 heterocycles. The highest BCUT2D eigenvalue weighted by Crippen LogP contribution is 2.30. The van der Waals surface area contributed by atoms with Gasteiger partial charge in [0, 0.05) is 18.6 Å². The molecule has 0 aromatic rings. The van der Waals surface area contributed by atoms with E-state index in [-0.39, 0.29) is 13.0 Å². The number of rotatable bonds is 5. The van der Waals surface area contributed by atoms with Crippen molar-refractivity contribution >= 4 is 0 Å². The fraction of sp³-hybridized carbons (Fsp3) is 1.00. The molecule has 15 N–H and O–H groups in total. The third-order valence-electron chi connectivity index (χ3n) is 6.54. The Hall–Kier alpha value is -0.560. The van der Waals surface area contributed by atoms with E-state index < -0.39 is 91.7 Å². The van der Waals surface area contributed by atoms with Crippen LogP contribution in [0, 0.1) is 0 Å². The molecule has 0 radical (unpaired) electrons. The van der Waals surface area contributed by atoms with Gasteiger partial charge >= 0.3 is 0 Å². The summed E-state index contributed by atoms with van der Waals surface area (Å²) >= 11 is 0. The van der Waals surface area contributed by atoms with E-state index >= 15 is 0 Å². The van der Waals surface area contributed by atoms with Crippen LogP contribution in [0.15, 0.2) is 0 Å². The van der Waals surface area contributed by atoms with Crippen molar-refractivity contribution in [2.24, 2.45) is 28.7 Å². The van der Waals surface area contributed by atoms with Gasteiger partial charge in [-0.25, -0.2) is 0 Å². The van der Waals surface area contributed by atoms with Gasteiger partial charge < -0.3 is 73.1 Å². The molecule has 3 aliphatic rings. The second kappa shape index (κ2) is 10.4. The summed E-state index contributed by atoms with van der Waals surface area (Å²) in [6.07, 6.45) is -12.9. The number of hydrogen-bond acceptors (Lipinski definition) is 14. The van der Waals surface area contributed by atoms with Gasteiger partial charge in [-0.2, -0.15) is 0 Å². The highest BCUT2D eigenvalue weighted by atomic mass is 16.7. The summed E-state index contributed by atoms with van der Waals surface area (Å²) in [4.78, 5) is 0. The zero-order chi connectivity index (χ0) is 23.9. The Morgan fingerprint density at radius 1 is 0.719 bits per heavy atom. The van der Waals surface area contributed by atoms with Crippen molar-refractivity contribution in [2.75, 3.05) is 6.54 Å². The smallest absolute Gasteiger partial charge is 0.186 e. The highest BCUT2D eigenvalue weighted by Gasteiger charge is 2.50. The van der Waals surface area contributed by atoms with Crippen LogP contribution in [0.25, 0.3) is 0 Å². The van der Waals surface area contributed by atoms with E-state index in [2.05, 4.69) is 0 Å². The zero-order valence-electron chi connectivity index (χ0n) is 17.8. The highest BCUT2D eigenvalue weighted by molar-refractivity contribution is 5.01. The molecular weight excluding hydrogens is 430 g/mol. The molecule has 14 nitrogen and oxygen atoms in total. The Morgan fingerprint density at radius 3 is 1.81 bits per heavy atom. The largest absolute Gasteiger partial charge is 0.388 e. The molecule has 0 amide bonds. The van der Waals surface area contributed by atoms with E-state index in [1.807, 2.05) is 0 Å². The minimum Gasteiger partial charge on any atom is -0.388 e. The lowest BCUT2D eigenvalue weighted by Crippen LogP contribution is -2.69. The van der Waals surface area contributed by atoms with Crippen LogP contribution in [0.4, 0.5) is 0 Å². The lowest BCUT2D eigenvalue weighted by atomic mass is 9.84. The van der Waals surface area contributed by atoms with Crippen molar-refractivity contribution in [3.63, 3.8) is 0 Å². The third kappa shape index (κ3) is 4.94. The minimum atomic E-state index is -1.47. The van der Waals surface area contributed by atoms with Gasteiger partial charge in [-0.3, -0.25) is 0 Å². The number of aliphatic hydroxyl groups excluding tert-OH is 5. The van der Waals surface area contributed by atoms with Crippen LogP contribution in [0.3, 0.4) is 0 Å². The first-order chi connectivity index (χ1) is 15.0. The average molecular weight is 468 g/mol. The molecule has 2 saturated heterocycles. The van der Waals surface area contributed by atoms with Gasteiger partial charge in [0.25, 0.3) is 0 Å². The van der Waals surface area contributed by atoms with Crippen molar-refractivity contribution < 1.29 is 44.5 Å². The molecule has 14 heteroatoms. The molecule has 188 valence electrons. The fourth-order valence-corrected chi connectivity index (χ4v) is 4.38. The minimum absolute atomic E-state index is 0.0970. The number of hydrogen-bond donors (Lipinski definition) is 10. The van der Waals surface area contributed by atoms with Crippen LogP contribution in [0.1, 0.15) is 13.3 Å². The molecular formula is C18H37N5O9. The third-order valence-corrected chi connectivity index (χ3v) is 6.54. The number of ether oxygens (including phenoxy) is 4.